The molecule has 20 heavy (non-hydrogen) atoms. The Kier molecular flexibility index (Phi) is 5.08. The zero-order valence-corrected chi connectivity index (χ0v) is 11.3. The van der Waals surface area contributed by atoms with Crippen LogP contribution in [-0.2, 0) is 4.79 Å². The van der Waals surface area contributed by atoms with Crippen molar-refractivity contribution < 1.29 is 4.79 Å². The summed E-state index contributed by atoms with van der Waals surface area (Å²) in [7, 11) is 0. The van der Waals surface area contributed by atoms with Crippen molar-refractivity contribution in [1.82, 2.24) is 10.4 Å². The van der Waals surface area contributed by atoms with Crippen LogP contribution in [0.5, 0.6) is 0 Å². The van der Waals surface area contributed by atoms with Gasteiger partial charge in [-0.2, -0.15) is 5.10 Å². The van der Waals surface area contributed by atoms with Gasteiger partial charge in [-0.05, 0) is 30.3 Å². The molecule has 0 aliphatic heterocycles. The molecule has 6 heteroatoms. The molecule has 0 aliphatic carbocycles. The van der Waals surface area contributed by atoms with Crippen molar-refractivity contribution in [2.24, 2.45) is 5.10 Å². The number of nitrogens with one attached hydrogen (secondary N) is 2. The fourth-order valence-electron chi connectivity index (χ4n) is 1.42. The molecule has 0 atom stereocenters. The number of benzene rings is 1. The molecule has 0 bridgehead atoms. The zero-order valence-electron chi connectivity index (χ0n) is 10.6. The summed E-state index contributed by atoms with van der Waals surface area (Å²) in [5.41, 5.74) is 4.07. The van der Waals surface area contributed by atoms with Crippen LogP contribution in [0.3, 0.4) is 0 Å². The standard InChI is InChI=1S/C14H13ClN4O/c15-12-3-5-13(6-4-12)17-10-14(20)19-18-9-11-2-1-7-16-8-11/h1-9,17H,10H2,(H,19,20)/b18-9+. The molecule has 2 aromatic rings. The maximum absolute atomic E-state index is 11.5. The maximum Gasteiger partial charge on any atom is 0.259 e. The van der Waals surface area contributed by atoms with Crippen LogP contribution in [0.25, 0.3) is 0 Å². The second kappa shape index (κ2) is 7.25. The number of aromatic nitrogens is 1. The van der Waals surface area contributed by atoms with E-state index in [-0.39, 0.29) is 12.5 Å². The van der Waals surface area contributed by atoms with Gasteiger partial charge in [-0.15, -0.1) is 0 Å². The molecule has 0 aliphatic rings. The van der Waals surface area contributed by atoms with E-state index in [1.54, 1.807) is 42.7 Å². The summed E-state index contributed by atoms with van der Waals surface area (Å²) in [5, 5.41) is 7.46. The van der Waals surface area contributed by atoms with Crippen LogP contribution in [0.2, 0.25) is 5.02 Å². The van der Waals surface area contributed by atoms with E-state index in [0.717, 1.165) is 11.3 Å². The van der Waals surface area contributed by atoms with Crippen molar-refractivity contribution in [1.29, 1.82) is 0 Å². The van der Waals surface area contributed by atoms with E-state index in [1.807, 2.05) is 6.07 Å². The Hall–Kier alpha value is -2.40. The summed E-state index contributed by atoms with van der Waals surface area (Å²) in [5.74, 6) is -0.236. The first-order valence-corrected chi connectivity index (χ1v) is 6.33. The number of carbonyl (C=O) groups excluding carboxylic acids is 1. The minimum atomic E-state index is -0.236. The quantitative estimate of drug-likeness (QED) is 0.655. The lowest BCUT2D eigenvalue weighted by molar-refractivity contribution is -0.119. The summed E-state index contributed by atoms with van der Waals surface area (Å²) in [6, 6.07) is 10.7. The second-order valence-corrected chi connectivity index (χ2v) is 4.38. The third-order valence-electron chi connectivity index (χ3n) is 2.38. The molecule has 0 saturated heterocycles. The molecular weight excluding hydrogens is 276 g/mol. The van der Waals surface area contributed by atoms with E-state index in [9.17, 15) is 4.79 Å². The van der Waals surface area contributed by atoms with Gasteiger partial charge in [0.05, 0.1) is 12.8 Å². The Balaban J connectivity index is 1.76. The largest absolute Gasteiger partial charge is 0.376 e. The molecule has 0 spiro atoms. The highest BCUT2D eigenvalue weighted by Gasteiger charge is 1.99. The van der Waals surface area contributed by atoms with Gasteiger partial charge in [0.15, 0.2) is 0 Å². The summed E-state index contributed by atoms with van der Waals surface area (Å²) >= 11 is 5.77. The fourth-order valence-corrected chi connectivity index (χ4v) is 1.55. The lowest BCUT2D eigenvalue weighted by Gasteiger charge is -2.04. The van der Waals surface area contributed by atoms with Gasteiger partial charge in [-0.25, -0.2) is 5.43 Å². The third kappa shape index (κ3) is 4.70. The van der Waals surface area contributed by atoms with Gasteiger partial charge < -0.3 is 5.32 Å². The Labute approximate surface area is 121 Å². The molecule has 1 aromatic heterocycles. The lowest BCUT2D eigenvalue weighted by atomic mass is 10.3. The van der Waals surface area contributed by atoms with Crippen molar-refractivity contribution >= 4 is 29.4 Å². The molecule has 0 unspecified atom stereocenters. The van der Waals surface area contributed by atoms with Crippen molar-refractivity contribution in [3.63, 3.8) is 0 Å². The summed E-state index contributed by atoms with van der Waals surface area (Å²) in [6.45, 7) is 0.131. The normalized spacial score (nSPS) is 10.4. The fraction of sp³-hybridized carbons (Fsp3) is 0.0714. The van der Waals surface area contributed by atoms with E-state index >= 15 is 0 Å². The Bertz CT molecular complexity index is 584. The highest BCUT2D eigenvalue weighted by Crippen LogP contribution is 2.12. The van der Waals surface area contributed by atoms with Crippen LogP contribution in [0.1, 0.15) is 5.56 Å². The molecule has 102 valence electrons. The minimum absolute atomic E-state index is 0.131. The molecule has 2 rings (SSSR count). The number of amides is 1. The van der Waals surface area contributed by atoms with Crippen LogP contribution in [-0.4, -0.2) is 23.7 Å². The molecule has 0 fully saturated rings. The van der Waals surface area contributed by atoms with E-state index < -0.39 is 0 Å². The van der Waals surface area contributed by atoms with Crippen molar-refractivity contribution in [3.8, 4) is 0 Å². The predicted molar refractivity (Wildman–Crippen MR) is 79.9 cm³/mol. The van der Waals surface area contributed by atoms with Gasteiger partial charge in [0.1, 0.15) is 0 Å². The number of anilines is 1. The van der Waals surface area contributed by atoms with E-state index in [2.05, 4.69) is 20.8 Å². The van der Waals surface area contributed by atoms with Crippen molar-refractivity contribution in [2.45, 2.75) is 0 Å². The van der Waals surface area contributed by atoms with Crippen LogP contribution >= 0.6 is 11.6 Å². The van der Waals surface area contributed by atoms with Gasteiger partial charge in [0, 0.05) is 28.7 Å². The monoisotopic (exact) mass is 288 g/mol. The smallest absolute Gasteiger partial charge is 0.259 e. The zero-order chi connectivity index (χ0) is 14.2. The summed E-state index contributed by atoms with van der Waals surface area (Å²) < 4.78 is 0. The van der Waals surface area contributed by atoms with Gasteiger partial charge >= 0.3 is 0 Å². The van der Waals surface area contributed by atoms with Crippen LogP contribution in [0, 0.1) is 0 Å². The molecule has 5 nitrogen and oxygen atoms in total. The molecule has 1 amide bonds. The SMILES string of the molecule is O=C(CNc1ccc(Cl)cc1)N/N=C/c1cccnc1. The van der Waals surface area contributed by atoms with Crippen LogP contribution < -0.4 is 10.7 Å². The number of nitrogens with zero attached hydrogens (tertiary/aromatic N) is 2. The van der Waals surface area contributed by atoms with Crippen molar-refractivity contribution in [3.05, 3.63) is 59.4 Å². The number of carbonyl (C=O) groups is 1. The minimum Gasteiger partial charge on any atom is -0.376 e. The second-order valence-electron chi connectivity index (χ2n) is 3.94. The molecular formula is C14H13ClN4O. The predicted octanol–water partition coefficient (Wildman–Crippen LogP) is 2.30. The number of hydrazone groups is 1. The van der Waals surface area contributed by atoms with Gasteiger partial charge in [-0.3, -0.25) is 9.78 Å². The Morgan fingerprint density at radius 3 is 2.80 bits per heavy atom. The lowest BCUT2D eigenvalue weighted by Crippen LogP contribution is -2.25. The Morgan fingerprint density at radius 2 is 2.10 bits per heavy atom. The topological polar surface area (TPSA) is 66.4 Å². The maximum atomic E-state index is 11.5. The van der Waals surface area contributed by atoms with Gasteiger partial charge in [0.2, 0.25) is 0 Å². The number of halogens is 1. The molecule has 0 saturated carbocycles. The number of hydrogen-bond acceptors (Lipinski definition) is 4. The number of pyridine rings is 1. The van der Waals surface area contributed by atoms with Crippen molar-refractivity contribution in [2.75, 3.05) is 11.9 Å². The summed E-state index contributed by atoms with van der Waals surface area (Å²) in [6.07, 6.45) is 4.86. The first-order valence-electron chi connectivity index (χ1n) is 5.95. The van der Waals surface area contributed by atoms with E-state index in [0.29, 0.717) is 5.02 Å². The molecule has 2 N–H and O–H groups in total. The number of hydrogen-bond donors (Lipinski definition) is 2. The highest BCUT2D eigenvalue weighted by atomic mass is 35.5. The average molecular weight is 289 g/mol. The van der Waals surface area contributed by atoms with E-state index in [4.69, 9.17) is 11.6 Å². The van der Waals surface area contributed by atoms with Gasteiger partial charge in [-0.1, -0.05) is 17.7 Å². The third-order valence-corrected chi connectivity index (χ3v) is 2.64. The first kappa shape index (κ1) is 14.0. The summed E-state index contributed by atoms with van der Waals surface area (Å²) in [4.78, 5) is 15.5. The first-order chi connectivity index (χ1) is 9.74. The molecule has 0 radical (unpaired) electrons. The number of rotatable bonds is 5. The van der Waals surface area contributed by atoms with Crippen LogP contribution in [0.15, 0.2) is 53.9 Å². The van der Waals surface area contributed by atoms with Gasteiger partial charge in [0.25, 0.3) is 5.91 Å². The van der Waals surface area contributed by atoms with Crippen LogP contribution in [0.4, 0.5) is 5.69 Å². The van der Waals surface area contributed by atoms with E-state index in [1.165, 1.54) is 6.21 Å². The molecule has 1 aromatic carbocycles. The molecule has 1 heterocycles. The average Bonchev–Trinajstić information content (AvgIpc) is 2.48. The Morgan fingerprint density at radius 1 is 1.30 bits per heavy atom. The highest BCUT2D eigenvalue weighted by molar-refractivity contribution is 6.30.